The zero-order valence-electron chi connectivity index (χ0n) is 10.7. The largest absolute Gasteiger partial charge is 0.497 e. The molecule has 1 unspecified atom stereocenters. The molecule has 0 aliphatic rings. The Hall–Kier alpha value is -1.79. The number of ether oxygens (including phenoxy) is 3. The first-order chi connectivity index (χ1) is 8.65. The van der Waals surface area contributed by atoms with Gasteiger partial charge in [0.2, 0.25) is 0 Å². The molecule has 0 spiro atoms. The molecule has 0 saturated heterocycles. The van der Waals surface area contributed by atoms with Gasteiger partial charge in [-0.25, -0.2) is 0 Å². The number of benzene rings is 1. The molecule has 0 bridgehead atoms. The minimum Gasteiger partial charge on any atom is -0.497 e. The fourth-order valence-corrected chi connectivity index (χ4v) is 1.43. The van der Waals surface area contributed by atoms with Crippen LogP contribution in [0.1, 0.15) is 0 Å². The Kier molecular flexibility index (Phi) is 5.41. The van der Waals surface area contributed by atoms with Crippen molar-refractivity contribution in [3.8, 4) is 11.5 Å². The molecule has 0 fully saturated rings. The van der Waals surface area contributed by atoms with Gasteiger partial charge in [0.05, 0.1) is 19.9 Å². The average Bonchev–Trinajstić information content (AvgIpc) is 2.40. The second kappa shape index (κ2) is 6.83. The van der Waals surface area contributed by atoms with E-state index in [2.05, 4.69) is 5.32 Å². The van der Waals surface area contributed by atoms with E-state index in [0.29, 0.717) is 17.2 Å². The molecule has 1 atom stereocenters. The average molecular weight is 254 g/mol. The summed E-state index contributed by atoms with van der Waals surface area (Å²) < 4.78 is 15.2. The Labute approximate surface area is 106 Å². The summed E-state index contributed by atoms with van der Waals surface area (Å²) in [4.78, 5) is 11.8. The lowest BCUT2D eigenvalue weighted by atomic mass is 10.2. The predicted octanol–water partition coefficient (Wildman–Crippen LogP) is 0.616. The van der Waals surface area contributed by atoms with Crippen molar-refractivity contribution in [1.29, 1.82) is 0 Å². The lowest BCUT2D eigenvalue weighted by Crippen LogP contribution is -2.35. The van der Waals surface area contributed by atoms with Gasteiger partial charge in [0.15, 0.2) is 0 Å². The second-order valence-corrected chi connectivity index (χ2v) is 3.52. The first-order valence-corrected chi connectivity index (χ1v) is 5.42. The fraction of sp³-hybridized carbons (Fsp3) is 0.417. The molecule has 0 aliphatic carbocycles. The summed E-state index contributed by atoms with van der Waals surface area (Å²) in [5.41, 5.74) is 5.96. The zero-order chi connectivity index (χ0) is 13.5. The number of amides is 1. The van der Waals surface area contributed by atoms with Crippen LogP contribution in [0.25, 0.3) is 0 Å². The number of methoxy groups -OCH3 is 3. The van der Waals surface area contributed by atoms with E-state index < -0.39 is 6.10 Å². The minimum absolute atomic E-state index is 0.112. The molecule has 1 amide bonds. The van der Waals surface area contributed by atoms with E-state index in [0.717, 1.165) is 0 Å². The molecule has 1 rings (SSSR count). The molecule has 0 aromatic heterocycles. The number of hydrogen-bond donors (Lipinski definition) is 2. The van der Waals surface area contributed by atoms with E-state index >= 15 is 0 Å². The smallest absolute Gasteiger partial charge is 0.254 e. The number of hydrogen-bond acceptors (Lipinski definition) is 5. The van der Waals surface area contributed by atoms with Gasteiger partial charge < -0.3 is 25.3 Å². The van der Waals surface area contributed by atoms with Gasteiger partial charge in [-0.15, -0.1) is 0 Å². The normalized spacial score (nSPS) is 11.8. The highest BCUT2D eigenvalue weighted by Gasteiger charge is 2.17. The molecule has 18 heavy (non-hydrogen) atoms. The van der Waals surface area contributed by atoms with E-state index in [1.807, 2.05) is 0 Å². The third kappa shape index (κ3) is 3.35. The summed E-state index contributed by atoms with van der Waals surface area (Å²) in [5, 5.41) is 2.69. The molecule has 1 aromatic carbocycles. The van der Waals surface area contributed by atoms with Crippen molar-refractivity contribution in [2.75, 3.05) is 33.2 Å². The van der Waals surface area contributed by atoms with Crippen LogP contribution in [0.3, 0.4) is 0 Å². The number of anilines is 1. The predicted molar refractivity (Wildman–Crippen MR) is 68.0 cm³/mol. The third-order valence-electron chi connectivity index (χ3n) is 2.46. The molecule has 0 heterocycles. The van der Waals surface area contributed by atoms with Gasteiger partial charge in [0.1, 0.15) is 17.6 Å². The quantitative estimate of drug-likeness (QED) is 0.777. The fourth-order valence-electron chi connectivity index (χ4n) is 1.43. The first-order valence-electron chi connectivity index (χ1n) is 5.42. The van der Waals surface area contributed by atoms with Crippen LogP contribution in [0.15, 0.2) is 18.2 Å². The van der Waals surface area contributed by atoms with Crippen molar-refractivity contribution < 1.29 is 19.0 Å². The highest BCUT2D eigenvalue weighted by atomic mass is 16.5. The molecule has 3 N–H and O–H groups in total. The van der Waals surface area contributed by atoms with Crippen LogP contribution >= 0.6 is 0 Å². The van der Waals surface area contributed by atoms with Crippen molar-refractivity contribution in [1.82, 2.24) is 0 Å². The van der Waals surface area contributed by atoms with E-state index in [4.69, 9.17) is 19.9 Å². The van der Waals surface area contributed by atoms with E-state index in [1.54, 1.807) is 25.3 Å². The Bertz CT molecular complexity index is 405. The summed E-state index contributed by atoms with van der Waals surface area (Å²) in [6.07, 6.45) is -0.684. The van der Waals surface area contributed by atoms with E-state index in [1.165, 1.54) is 14.2 Å². The van der Waals surface area contributed by atoms with Crippen LogP contribution in [-0.2, 0) is 9.53 Å². The SMILES string of the molecule is COc1ccc(NC(=O)C(CN)OC)c(OC)c1. The first kappa shape index (κ1) is 14.3. The summed E-state index contributed by atoms with van der Waals surface area (Å²) in [6.45, 7) is 0.112. The van der Waals surface area contributed by atoms with Crippen LogP contribution < -0.4 is 20.5 Å². The number of nitrogens with two attached hydrogens (primary N) is 1. The summed E-state index contributed by atoms with van der Waals surface area (Å²) in [5.74, 6) is 0.838. The van der Waals surface area contributed by atoms with Gasteiger partial charge in [-0.2, -0.15) is 0 Å². The number of rotatable bonds is 6. The van der Waals surface area contributed by atoms with Gasteiger partial charge in [-0.1, -0.05) is 0 Å². The van der Waals surface area contributed by atoms with Gasteiger partial charge in [0.25, 0.3) is 5.91 Å². The summed E-state index contributed by atoms with van der Waals surface area (Å²) in [6, 6.07) is 5.10. The second-order valence-electron chi connectivity index (χ2n) is 3.52. The summed E-state index contributed by atoms with van der Waals surface area (Å²) in [7, 11) is 4.51. The highest BCUT2D eigenvalue weighted by molar-refractivity contribution is 5.95. The van der Waals surface area contributed by atoms with Crippen LogP contribution in [0.5, 0.6) is 11.5 Å². The Morgan fingerprint density at radius 3 is 2.56 bits per heavy atom. The Morgan fingerprint density at radius 1 is 1.33 bits per heavy atom. The molecular weight excluding hydrogens is 236 g/mol. The lowest BCUT2D eigenvalue weighted by Gasteiger charge is -2.15. The molecule has 6 nitrogen and oxygen atoms in total. The van der Waals surface area contributed by atoms with Crippen molar-refractivity contribution in [2.24, 2.45) is 5.73 Å². The number of carbonyl (C=O) groups is 1. The number of carbonyl (C=O) groups excluding carboxylic acids is 1. The van der Waals surface area contributed by atoms with Crippen LogP contribution in [0, 0.1) is 0 Å². The Balaban J connectivity index is 2.86. The van der Waals surface area contributed by atoms with Crippen LogP contribution in [-0.4, -0.2) is 39.9 Å². The standard InChI is InChI=1S/C12H18N2O4/c1-16-8-4-5-9(10(6-8)17-2)14-12(15)11(7-13)18-3/h4-6,11H,7,13H2,1-3H3,(H,14,15). The van der Waals surface area contributed by atoms with Crippen molar-refractivity contribution in [3.63, 3.8) is 0 Å². The molecule has 0 saturated carbocycles. The monoisotopic (exact) mass is 254 g/mol. The Morgan fingerprint density at radius 2 is 2.06 bits per heavy atom. The van der Waals surface area contributed by atoms with Gasteiger partial charge >= 0.3 is 0 Å². The third-order valence-corrected chi connectivity index (χ3v) is 2.46. The van der Waals surface area contributed by atoms with Crippen LogP contribution in [0.4, 0.5) is 5.69 Å². The maximum absolute atomic E-state index is 11.8. The van der Waals surface area contributed by atoms with Crippen LogP contribution in [0.2, 0.25) is 0 Å². The molecule has 6 heteroatoms. The maximum atomic E-state index is 11.8. The van der Waals surface area contributed by atoms with Gasteiger partial charge in [-0.3, -0.25) is 4.79 Å². The number of nitrogens with one attached hydrogen (secondary N) is 1. The molecule has 100 valence electrons. The zero-order valence-corrected chi connectivity index (χ0v) is 10.7. The molecule has 1 aromatic rings. The minimum atomic E-state index is -0.684. The lowest BCUT2D eigenvalue weighted by molar-refractivity contribution is -0.125. The van der Waals surface area contributed by atoms with E-state index in [9.17, 15) is 4.79 Å². The molecule has 0 radical (unpaired) electrons. The highest BCUT2D eigenvalue weighted by Crippen LogP contribution is 2.29. The van der Waals surface area contributed by atoms with Crippen molar-refractivity contribution in [2.45, 2.75) is 6.10 Å². The van der Waals surface area contributed by atoms with Crippen molar-refractivity contribution in [3.05, 3.63) is 18.2 Å². The van der Waals surface area contributed by atoms with Gasteiger partial charge in [0, 0.05) is 19.7 Å². The van der Waals surface area contributed by atoms with Gasteiger partial charge in [-0.05, 0) is 12.1 Å². The van der Waals surface area contributed by atoms with E-state index in [-0.39, 0.29) is 12.5 Å². The molecule has 0 aliphatic heterocycles. The topological polar surface area (TPSA) is 82.8 Å². The summed E-state index contributed by atoms with van der Waals surface area (Å²) >= 11 is 0. The van der Waals surface area contributed by atoms with Crippen molar-refractivity contribution >= 4 is 11.6 Å². The maximum Gasteiger partial charge on any atom is 0.254 e. The molecular formula is C12H18N2O4.